The molecular weight excluding hydrogens is 217 g/mol. The fourth-order valence-corrected chi connectivity index (χ4v) is 2.32. The molecule has 0 amide bonds. The lowest BCUT2D eigenvalue weighted by Crippen LogP contribution is -2.20. The summed E-state index contributed by atoms with van der Waals surface area (Å²) < 4.78 is 19.3. The van der Waals surface area contributed by atoms with Crippen LogP contribution < -0.4 is 5.73 Å². The number of hydrogen-bond donors (Lipinski definition) is 1. The van der Waals surface area contributed by atoms with Crippen molar-refractivity contribution < 1.29 is 9.13 Å². The number of halogens is 1. The Balaban J connectivity index is 1.89. The summed E-state index contributed by atoms with van der Waals surface area (Å²) in [4.78, 5) is 0. The van der Waals surface area contributed by atoms with Gasteiger partial charge in [-0.1, -0.05) is 13.0 Å². The van der Waals surface area contributed by atoms with Crippen molar-refractivity contribution in [3.05, 3.63) is 29.6 Å². The van der Waals surface area contributed by atoms with Gasteiger partial charge < -0.3 is 10.5 Å². The molecule has 0 bridgehead atoms. The van der Waals surface area contributed by atoms with E-state index in [1.165, 1.54) is 18.9 Å². The second-order valence-electron chi connectivity index (χ2n) is 5.00. The molecule has 1 aliphatic carbocycles. The number of rotatable bonds is 3. The zero-order valence-electron chi connectivity index (χ0n) is 10.3. The lowest BCUT2D eigenvalue weighted by Gasteiger charge is -2.26. The molecular formula is C14H20FNO. The fraction of sp³-hybridized carbons (Fsp3) is 0.571. The number of anilines is 1. The molecule has 1 fully saturated rings. The van der Waals surface area contributed by atoms with Crippen molar-refractivity contribution >= 4 is 5.69 Å². The van der Waals surface area contributed by atoms with Crippen LogP contribution in [0.3, 0.4) is 0 Å². The average molecular weight is 237 g/mol. The molecule has 2 N–H and O–H groups in total. The van der Waals surface area contributed by atoms with Crippen molar-refractivity contribution in [2.45, 2.75) is 45.3 Å². The van der Waals surface area contributed by atoms with Crippen LogP contribution in [0.5, 0.6) is 0 Å². The van der Waals surface area contributed by atoms with Gasteiger partial charge in [-0.3, -0.25) is 0 Å². The first-order valence-corrected chi connectivity index (χ1v) is 6.31. The molecule has 0 atom stereocenters. The molecule has 17 heavy (non-hydrogen) atoms. The summed E-state index contributed by atoms with van der Waals surface area (Å²) in [5.74, 6) is 0.530. The topological polar surface area (TPSA) is 35.2 Å². The van der Waals surface area contributed by atoms with Gasteiger partial charge in [0, 0.05) is 11.3 Å². The zero-order chi connectivity index (χ0) is 12.3. The van der Waals surface area contributed by atoms with E-state index in [2.05, 4.69) is 6.92 Å². The summed E-state index contributed by atoms with van der Waals surface area (Å²) in [6.07, 6.45) is 4.84. The summed E-state index contributed by atoms with van der Waals surface area (Å²) in [6.45, 7) is 2.56. The van der Waals surface area contributed by atoms with Crippen molar-refractivity contribution in [3.8, 4) is 0 Å². The molecule has 1 saturated carbocycles. The normalized spacial score (nSPS) is 24.8. The number of benzene rings is 1. The number of nitrogens with two attached hydrogens (primary N) is 1. The van der Waals surface area contributed by atoms with Crippen molar-refractivity contribution in [1.29, 1.82) is 0 Å². The summed E-state index contributed by atoms with van der Waals surface area (Å²) in [7, 11) is 0. The summed E-state index contributed by atoms with van der Waals surface area (Å²) >= 11 is 0. The van der Waals surface area contributed by atoms with Crippen LogP contribution in [0.4, 0.5) is 10.1 Å². The highest BCUT2D eigenvalue weighted by Crippen LogP contribution is 2.27. The van der Waals surface area contributed by atoms with Crippen molar-refractivity contribution in [2.75, 3.05) is 5.73 Å². The average Bonchev–Trinajstić information content (AvgIpc) is 2.31. The predicted octanol–water partition coefficient (Wildman–Crippen LogP) is 3.50. The highest BCUT2D eigenvalue weighted by Gasteiger charge is 2.19. The van der Waals surface area contributed by atoms with Crippen LogP contribution in [0.1, 0.15) is 38.2 Å². The van der Waals surface area contributed by atoms with Crippen LogP contribution in [0.25, 0.3) is 0 Å². The molecule has 3 heteroatoms. The Morgan fingerprint density at radius 3 is 2.65 bits per heavy atom. The van der Waals surface area contributed by atoms with Gasteiger partial charge in [0.25, 0.3) is 0 Å². The van der Waals surface area contributed by atoms with Crippen LogP contribution in [0.15, 0.2) is 18.2 Å². The highest BCUT2D eigenvalue weighted by atomic mass is 19.1. The Hall–Kier alpha value is -1.09. The van der Waals surface area contributed by atoms with E-state index in [9.17, 15) is 4.39 Å². The SMILES string of the molecule is CC1CCC(OCc2c(N)cccc2F)CC1. The van der Waals surface area contributed by atoms with Gasteiger partial charge in [0.15, 0.2) is 0 Å². The van der Waals surface area contributed by atoms with Gasteiger partial charge in [-0.25, -0.2) is 4.39 Å². The standard InChI is InChI=1S/C14H20FNO/c1-10-5-7-11(8-6-10)17-9-12-13(15)3-2-4-14(12)16/h2-4,10-11H,5-9,16H2,1H3. The molecule has 0 aromatic heterocycles. The molecule has 1 aliphatic rings. The Kier molecular flexibility index (Phi) is 4.00. The lowest BCUT2D eigenvalue weighted by molar-refractivity contribution is 0.00787. The molecule has 2 nitrogen and oxygen atoms in total. The van der Waals surface area contributed by atoms with Gasteiger partial charge >= 0.3 is 0 Å². The quantitative estimate of drug-likeness (QED) is 0.816. The second kappa shape index (κ2) is 5.50. The monoisotopic (exact) mass is 237 g/mol. The van der Waals surface area contributed by atoms with E-state index in [0.29, 0.717) is 11.3 Å². The molecule has 0 spiro atoms. The van der Waals surface area contributed by atoms with E-state index in [0.717, 1.165) is 18.8 Å². The van der Waals surface area contributed by atoms with Crippen LogP contribution in [-0.2, 0) is 11.3 Å². The van der Waals surface area contributed by atoms with Gasteiger partial charge in [-0.15, -0.1) is 0 Å². The molecule has 0 heterocycles. The van der Waals surface area contributed by atoms with Crippen LogP contribution in [0.2, 0.25) is 0 Å². The molecule has 94 valence electrons. The minimum absolute atomic E-state index is 0.269. The van der Waals surface area contributed by atoms with Crippen molar-refractivity contribution in [1.82, 2.24) is 0 Å². The van der Waals surface area contributed by atoms with Gasteiger partial charge in [-0.2, -0.15) is 0 Å². The second-order valence-corrected chi connectivity index (χ2v) is 5.00. The lowest BCUT2D eigenvalue weighted by atomic mass is 9.89. The molecule has 1 aromatic rings. The van der Waals surface area contributed by atoms with E-state index >= 15 is 0 Å². The summed E-state index contributed by atoms with van der Waals surface area (Å²) in [5, 5.41) is 0. The minimum atomic E-state index is -0.269. The van der Waals surface area contributed by atoms with Crippen LogP contribution >= 0.6 is 0 Å². The van der Waals surface area contributed by atoms with E-state index in [1.54, 1.807) is 12.1 Å². The first kappa shape index (κ1) is 12.4. The largest absolute Gasteiger partial charge is 0.398 e. The van der Waals surface area contributed by atoms with Crippen LogP contribution in [-0.4, -0.2) is 6.10 Å². The Bertz CT molecular complexity index is 352. The van der Waals surface area contributed by atoms with Gasteiger partial charge in [-0.05, 0) is 43.7 Å². The maximum Gasteiger partial charge on any atom is 0.130 e. The predicted molar refractivity (Wildman–Crippen MR) is 67.0 cm³/mol. The third kappa shape index (κ3) is 3.19. The number of ether oxygens (including phenoxy) is 1. The Morgan fingerprint density at radius 1 is 1.29 bits per heavy atom. The molecule has 2 rings (SSSR count). The van der Waals surface area contributed by atoms with Crippen molar-refractivity contribution in [2.24, 2.45) is 5.92 Å². The highest BCUT2D eigenvalue weighted by molar-refractivity contribution is 5.46. The third-order valence-electron chi connectivity index (χ3n) is 3.58. The number of nitrogen functional groups attached to an aromatic ring is 1. The fourth-order valence-electron chi connectivity index (χ4n) is 2.32. The van der Waals surface area contributed by atoms with E-state index in [4.69, 9.17) is 10.5 Å². The van der Waals surface area contributed by atoms with Crippen LogP contribution in [0, 0.1) is 11.7 Å². The molecule has 0 aliphatic heterocycles. The molecule has 0 saturated heterocycles. The van der Waals surface area contributed by atoms with E-state index < -0.39 is 0 Å². The zero-order valence-corrected chi connectivity index (χ0v) is 10.3. The molecule has 0 unspecified atom stereocenters. The van der Waals surface area contributed by atoms with Gasteiger partial charge in [0.1, 0.15) is 5.82 Å². The first-order valence-electron chi connectivity index (χ1n) is 6.31. The summed E-state index contributed by atoms with van der Waals surface area (Å²) in [6, 6.07) is 4.76. The third-order valence-corrected chi connectivity index (χ3v) is 3.58. The summed E-state index contributed by atoms with van der Waals surface area (Å²) in [5.41, 5.74) is 6.71. The van der Waals surface area contributed by atoms with Gasteiger partial charge in [0.2, 0.25) is 0 Å². The Morgan fingerprint density at radius 2 is 2.00 bits per heavy atom. The Labute approximate surface area is 102 Å². The van der Waals surface area contributed by atoms with Gasteiger partial charge in [0.05, 0.1) is 12.7 Å². The molecule has 1 aromatic carbocycles. The smallest absolute Gasteiger partial charge is 0.130 e. The molecule has 0 radical (unpaired) electrons. The maximum atomic E-state index is 13.5. The minimum Gasteiger partial charge on any atom is -0.398 e. The van der Waals surface area contributed by atoms with E-state index in [-0.39, 0.29) is 18.5 Å². The maximum absolute atomic E-state index is 13.5. The number of hydrogen-bond acceptors (Lipinski definition) is 2. The van der Waals surface area contributed by atoms with E-state index in [1.807, 2.05) is 0 Å². The first-order chi connectivity index (χ1) is 8.16. The van der Waals surface area contributed by atoms with Crippen molar-refractivity contribution in [3.63, 3.8) is 0 Å².